The van der Waals surface area contributed by atoms with Gasteiger partial charge in [-0.15, -0.1) is 0 Å². The standard InChI is InChI=1S/C11H12O3.C8H13/c1-8(12)2-3-9-4-5-10-11(6-9)14-7-13-10;1-8(2)6-4-3-5-7-8/h4-6H,2-3,7H2,1H3;3H,4,6-7H2,1-2H3. The lowest BCUT2D eigenvalue weighted by Crippen LogP contribution is -2.11. The maximum Gasteiger partial charge on any atom is 0.231 e. The fourth-order valence-corrected chi connectivity index (χ4v) is 2.42. The third-order valence-electron chi connectivity index (χ3n) is 3.89. The number of hydrogen-bond acceptors (Lipinski definition) is 3. The Morgan fingerprint density at radius 1 is 1.27 bits per heavy atom. The first-order valence-corrected chi connectivity index (χ1v) is 7.89. The Morgan fingerprint density at radius 2 is 2.05 bits per heavy atom. The van der Waals surface area contributed by atoms with Crippen LogP contribution in [0.1, 0.15) is 52.0 Å². The Morgan fingerprint density at radius 3 is 2.64 bits per heavy atom. The van der Waals surface area contributed by atoms with Crippen molar-refractivity contribution in [2.75, 3.05) is 6.79 Å². The second-order valence-electron chi connectivity index (χ2n) is 6.68. The molecule has 0 fully saturated rings. The van der Waals surface area contributed by atoms with Gasteiger partial charge in [-0.3, -0.25) is 0 Å². The van der Waals surface area contributed by atoms with Gasteiger partial charge in [-0.1, -0.05) is 26.0 Å². The van der Waals surface area contributed by atoms with Crippen LogP contribution in [0, 0.1) is 11.5 Å². The summed E-state index contributed by atoms with van der Waals surface area (Å²) in [7, 11) is 0. The van der Waals surface area contributed by atoms with Crippen LogP contribution in [0.15, 0.2) is 24.3 Å². The molecular formula is C19H25O3. The van der Waals surface area contributed by atoms with Crippen molar-refractivity contribution >= 4 is 5.78 Å². The van der Waals surface area contributed by atoms with Gasteiger partial charge in [-0.05, 0) is 61.8 Å². The maximum atomic E-state index is 10.8. The molecule has 0 atom stereocenters. The van der Waals surface area contributed by atoms with Crippen molar-refractivity contribution in [1.29, 1.82) is 0 Å². The minimum atomic E-state index is 0.211. The lowest BCUT2D eigenvalue weighted by Gasteiger charge is -2.24. The average Bonchev–Trinajstić information content (AvgIpc) is 2.93. The van der Waals surface area contributed by atoms with Gasteiger partial charge in [-0.25, -0.2) is 0 Å². The first-order chi connectivity index (χ1) is 10.5. The van der Waals surface area contributed by atoms with Gasteiger partial charge in [0.25, 0.3) is 0 Å². The SMILES string of the molecule is CC(=O)CCc1ccc2c(c1)OCO2.CC1(C)C[C]=CCC1. The van der Waals surface area contributed by atoms with Crippen molar-refractivity contribution in [2.24, 2.45) is 5.41 Å². The predicted octanol–water partition coefficient (Wildman–Crippen LogP) is 4.49. The van der Waals surface area contributed by atoms with Crippen LogP contribution in [0.2, 0.25) is 0 Å². The zero-order valence-corrected chi connectivity index (χ0v) is 13.8. The van der Waals surface area contributed by atoms with Gasteiger partial charge < -0.3 is 14.3 Å². The van der Waals surface area contributed by atoms with Crippen molar-refractivity contribution < 1.29 is 14.3 Å². The molecule has 0 spiro atoms. The van der Waals surface area contributed by atoms with Crippen LogP contribution in [-0.2, 0) is 11.2 Å². The van der Waals surface area contributed by atoms with Crippen LogP contribution in [0.5, 0.6) is 11.5 Å². The molecule has 1 aromatic rings. The van der Waals surface area contributed by atoms with E-state index < -0.39 is 0 Å². The number of carbonyl (C=O) groups is 1. The van der Waals surface area contributed by atoms with Crippen molar-refractivity contribution in [3.05, 3.63) is 35.9 Å². The number of rotatable bonds is 3. The number of aryl methyl sites for hydroxylation is 1. The number of ether oxygens (including phenoxy) is 2. The second-order valence-corrected chi connectivity index (χ2v) is 6.68. The highest BCUT2D eigenvalue weighted by atomic mass is 16.7. The molecule has 22 heavy (non-hydrogen) atoms. The molecule has 3 rings (SSSR count). The van der Waals surface area contributed by atoms with E-state index in [9.17, 15) is 4.79 Å². The summed E-state index contributed by atoms with van der Waals surface area (Å²) < 4.78 is 10.4. The van der Waals surface area contributed by atoms with Gasteiger partial charge in [0.2, 0.25) is 6.79 Å². The minimum Gasteiger partial charge on any atom is -0.454 e. The summed E-state index contributed by atoms with van der Waals surface area (Å²) in [5.74, 6) is 1.78. The number of allylic oxidation sites excluding steroid dienone is 2. The first kappa shape index (κ1) is 16.6. The Kier molecular flexibility index (Phi) is 5.64. The average molecular weight is 301 g/mol. The predicted molar refractivity (Wildman–Crippen MR) is 87.0 cm³/mol. The van der Waals surface area contributed by atoms with Crippen molar-refractivity contribution in [1.82, 2.24) is 0 Å². The summed E-state index contributed by atoms with van der Waals surface area (Å²) in [6.07, 6.45) is 10.5. The van der Waals surface area contributed by atoms with Gasteiger partial charge in [-0.2, -0.15) is 0 Å². The van der Waals surface area contributed by atoms with E-state index >= 15 is 0 Å². The van der Waals surface area contributed by atoms with Crippen molar-refractivity contribution in [3.63, 3.8) is 0 Å². The smallest absolute Gasteiger partial charge is 0.231 e. The highest BCUT2D eigenvalue weighted by molar-refractivity contribution is 5.75. The van der Waals surface area contributed by atoms with Gasteiger partial charge in [0, 0.05) is 6.42 Å². The van der Waals surface area contributed by atoms with E-state index in [1.807, 2.05) is 18.2 Å². The van der Waals surface area contributed by atoms with Gasteiger partial charge >= 0.3 is 0 Å². The largest absolute Gasteiger partial charge is 0.454 e. The molecule has 119 valence electrons. The van der Waals surface area contributed by atoms with E-state index in [-0.39, 0.29) is 5.78 Å². The van der Waals surface area contributed by atoms with Crippen LogP contribution in [0.3, 0.4) is 0 Å². The molecule has 0 unspecified atom stereocenters. The zero-order chi connectivity index (χ0) is 16.0. The number of Topliss-reactive ketones (excluding diaryl/α,β-unsaturated/α-hetero) is 1. The Hall–Kier alpha value is -1.77. The van der Waals surface area contributed by atoms with Crippen LogP contribution in [0.4, 0.5) is 0 Å². The molecule has 3 nitrogen and oxygen atoms in total. The number of fused-ring (bicyclic) bond motifs is 1. The topological polar surface area (TPSA) is 35.5 Å². The molecule has 1 aliphatic carbocycles. The van der Waals surface area contributed by atoms with E-state index in [2.05, 4.69) is 26.0 Å². The summed E-state index contributed by atoms with van der Waals surface area (Å²) in [5.41, 5.74) is 1.65. The van der Waals surface area contributed by atoms with Crippen LogP contribution >= 0.6 is 0 Å². The Bertz CT molecular complexity index is 544. The third kappa shape index (κ3) is 5.21. The number of benzene rings is 1. The van der Waals surface area contributed by atoms with E-state index in [0.717, 1.165) is 29.9 Å². The zero-order valence-electron chi connectivity index (χ0n) is 13.8. The number of carbonyl (C=O) groups excluding carboxylic acids is 1. The van der Waals surface area contributed by atoms with Crippen LogP contribution < -0.4 is 9.47 Å². The number of ketones is 1. The van der Waals surface area contributed by atoms with Crippen LogP contribution in [-0.4, -0.2) is 12.6 Å². The summed E-state index contributed by atoms with van der Waals surface area (Å²) in [4.78, 5) is 10.8. The molecule has 1 aliphatic heterocycles. The van der Waals surface area contributed by atoms with Crippen molar-refractivity contribution in [3.8, 4) is 11.5 Å². The third-order valence-corrected chi connectivity index (χ3v) is 3.89. The normalized spacial score (nSPS) is 17.6. The lowest BCUT2D eigenvalue weighted by molar-refractivity contribution is -0.116. The van der Waals surface area contributed by atoms with Crippen molar-refractivity contribution in [2.45, 2.75) is 52.9 Å². The molecule has 1 heterocycles. The quantitative estimate of drug-likeness (QED) is 0.825. The summed E-state index contributed by atoms with van der Waals surface area (Å²) in [6, 6.07) is 5.79. The fourth-order valence-electron chi connectivity index (χ4n) is 2.42. The molecule has 0 saturated heterocycles. The highest BCUT2D eigenvalue weighted by Crippen LogP contribution is 2.32. The molecule has 0 amide bonds. The maximum absolute atomic E-state index is 10.8. The van der Waals surface area contributed by atoms with E-state index in [4.69, 9.17) is 9.47 Å². The molecule has 0 aromatic heterocycles. The molecule has 1 radical (unpaired) electrons. The van der Waals surface area contributed by atoms with Gasteiger partial charge in [0.15, 0.2) is 11.5 Å². The molecule has 2 aliphatic rings. The van der Waals surface area contributed by atoms with E-state index in [1.54, 1.807) is 6.92 Å². The molecule has 0 bridgehead atoms. The summed E-state index contributed by atoms with van der Waals surface area (Å²) in [5, 5.41) is 0. The fraction of sp³-hybridized carbons (Fsp3) is 0.526. The monoisotopic (exact) mass is 301 g/mol. The molecular weight excluding hydrogens is 276 g/mol. The molecule has 1 aromatic carbocycles. The second kappa shape index (κ2) is 7.48. The Labute approximate surface area is 133 Å². The Balaban J connectivity index is 0.000000188. The van der Waals surface area contributed by atoms with Crippen LogP contribution in [0.25, 0.3) is 0 Å². The highest BCUT2D eigenvalue weighted by Gasteiger charge is 2.17. The lowest BCUT2D eigenvalue weighted by atomic mass is 9.81. The number of hydrogen-bond donors (Lipinski definition) is 0. The molecule has 0 N–H and O–H groups in total. The molecule has 0 saturated carbocycles. The van der Waals surface area contributed by atoms with E-state index in [1.165, 1.54) is 12.8 Å². The minimum absolute atomic E-state index is 0.211. The molecule has 3 heteroatoms. The van der Waals surface area contributed by atoms with E-state index in [0.29, 0.717) is 18.6 Å². The summed E-state index contributed by atoms with van der Waals surface area (Å²) >= 11 is 0. The first-order valence-electron chi connectivity index (χ1n) is 7.89. The summed E-state index contributed by atoms with van der Waals surface area (Å²) in [6.45, 7) is 6.50. The van der Waals surface area contributed by atoms with Gasteiger partial charge in [0.05, 0.1) is 0 Å². The van der Waals surface area contributed by atoms with Gasteiger partial charge in [0.1, 0.15) is 5.78 Å².